The van der Waals surface area contributed by atoms with Crippen molar-refractivity contribution in [2.24, 2.45) is 0 Å². The van der Waals surface area contributed by atoms with Crippen LogP contribution in [0.15, 0.2) is 42.5 Å². The summed E-state index contributed by atoms with van der Waals surface area (Å²) in [7, 11) is 0. The highest BCUT2D eigenvalue weighted by molar-refractivity contribution is 6.31. The van der Waals surface area contributed by atoms with Gasteiger partial charge in [0.15, 0.2) is 0 Å². The number of hydrogen-bond donors (Lipinski definition) is 2. The van der Waals surface area contributed by atoms with E-state index in [1.54, 1.807) is 12.1 Å². The van der Waals surface area contributed by atoms with Gasteiger partial charge in [-0.3, -0.25) is 0 Å². The van der Waals surface area contributed by atoms with E-state index in [-0.39, 0.29) is 11.3 Å². The Balaban J connectivity index is 2.11. The number of carboxylic acids is 1. The quantitative estimate of drug-likeness (QED) is 0.842. The fraction of sp³-hybridized carbons (Fsp3) is 0.0714. The van der Waals surface area contributed by atoms with Gasteiger partial charge in [0, 0.05) is 22.3 Å². The first kappa shape index (κ1) is 13.2. The van der Waals surface area contributed by atoms with E-state index in [1.165, 1.54) is 12.1 Å². The summed E-state index contributed by atoms with van der Waals surface area (Å²) in [5.74, 6) is -0.558. The lowest BCUT2D eigenvalue weighted by atomic mass is 10.2. The first-order chi connectivity index (χ1) is 9.08. The van der Waals surface area contributed by atoms with Crippen molar-refractivity contribution in [3.05, 3.63) is 58.6 Å². The molecular weight excluding hydrogens is 266 g/mol. The average molecular weight is 278 g/mol. The molecule has 98 valence electrons. The largest absolute Gasteiger partial charge is 0.489 e. The Bertz CT molecular complexity index is 613. The third-order valence-corrected chi connectivity index (χ3v) is 2.97. The molecule has 0 aliphatic carbocycles. The summed E-state index contributed by atoms with van der Waals surface area (Å²) in [6.07, 6.45) is 0. The SMILES string of the molecule is Nc1cc(OCc2ccccc2Cl)ccc1C(=O)O. The summed E-state index contributed by atoms with van der Waals surface area (Å²) < 4.78 is 5.53. The van der Waals surface area contributed by atoms with Crippen molar-refractivity contribution in [3.8, 4) is 5.75 Å². The van der Waals surface area contributed by atoms with Crippen molar-refractivity contribution < 1.29 is 14.6 Å². The van der Waals surface area contributed by atoms with Crippen molar-refractivity contribution in [1.29, 1.82) is 0 Å². The Morgan fingerprint density at radius 2 is 2.00 bits per heavy atom. The smallest absolute Gasteiger partial charge is 0.337 e. The van der Waals surface area contributed by atoms with Crippen LogP contribution in [-0.4, -0.2) is 11.1 Å². The number of halogens is 1. The molecule has 2 rings (SSSR count). The van der Waals surface area contributed by atoms with Gasteiger partial charge in [0.1, 0.15) is 12.4 Å². The number of benzene rings is 2. The summed E-state index contributed by atoms with van der Waals surface area (Å²) in [5.41, 5.74) is 6.72. The highest BCUT2D eigenvalue weighted by Gasteiger charge is 2.08. The number of nitrogens with two attached hydrogens (primary N) is 1. The van der Waals surface area contributed by atoms with E-state index in [4.69, 9.17) is 27.2 Å². The molecule has 0 aliphatic rings. The Hall–Kier alpha value is -2.20. The zero-order valence-electron chi connectivity index (χ0n) is 9.97. The molecule has 0 aromatic heterocycles. The van der Waals surface area contributed by atoms with Gasteiger partial charge in [-0.05, 0) is 18.2 Å². The van der Waals surface area contributed by atoms with Gasteiger partial charge >= 0.3 is 5.97 Å². The van der Waals surface area contributed by atoms with Crippen LogP contribution < -0.4 is 10.5 Å². The maximum absolute atomic E-state index is 10.8. The van der Waals surface area contributed by atoms with E-state index in [2.05, 4.69) is 0 Å². The standard InChI is InChI=1S/C14H12ClNO3/c15-12-4-2-1-3-9(12)8-19-10-5-6-11(14(17)18)13(16)7-10/h1-7H,8,16H2,(H,17,18). The average Bonchev–Trinajstić information content (AvgIpc) is 2.37. The predicted octanol–water partition coefficient (Wildman–Crippen LogP) is 3.20. The van der Waals surface area contributed by atoms with E-state index in [0.29, 0.717) is 17.4 Å². The van der Waals surface area contributed by atoms with Gasteiger partial charge in [-0.15, -0.1) is 0 Å². The number of ether oxygens (including phenoxy) is 1. The number of hydrogen-bond acceptors (Lipinski definition) is 3. The second kappa shape index (κ2) is 5.63. The van der Waals surface area contributed by atoms with E-state index in [0.717, 1.165) is 5.56 Å². The van der Waals surface area contributed by atoms with Crippen LogP contribution in [0.25, 0.3) is 0 Å². The minimum atomic E-state index is -1.06. The number of anilines is 1. The van der Waals surface area contributed by atoms with Crippen LogP contribution in [0, 0.1) is 0 Å². The van der Waals surface area contributed by atoms with Crippen LogP contribution in [0.4, 0.5) is 5.69 Å². The maximum Gasteiger partial charge on any atom is 0.337 e. The predicted molar refractivity (Wildman–Crippen MR) is 73.6 cm³/mol. The topological polar surface area (TPSA) is 72.5 Å². The van der Waals surface area contributed by atoms with E-state index >= 15 is 0 Å². The number of carbonyl (C=O) groups is 1. The summed E-state index contributed by atoms with van der Waals surface area (Å²) in [6.45, 7) is 0.297. The van der Waals surface area contributed by atoms with Crippen LogP contribution >= 0.6 is 11.6 Å². The van der Waals surface area contributed by atoms with Crippen molar-refractivity contribution >= 4 is 23.3 Å². The summed E-state index contributed by atoms with van der Waals surface area (Å²) >= 11 is 6.01. The lowest BCUT2D eigenvalue weighted by Gasteiger charge is -2.09. The van der Waals surface area contributed by atoms with Crippen LogP contribution in [-0.2, 0) is 6.61 Å². The highest BCUT2D eigenvalue weighted by atomic mass is 35.5. The van der Waals surface area contributed by atoms with Crippen LogP contribution in [0.2, 0.25) is 5.02 Å². The fourth-order valence-electron chi connectivity index (χ4n) is 1.60. The third kappa shape index (κ3) is 3.17. The zero-order chi connectivity index (χ0) is 13.8. The summed E-state index contributed by atoms with van der Waals surface area (Å²) in [4.78, 5) is 10.8. The summed E-state index contributed by atoms with van der Waals surface area (Å²) in [6, 6.07) is 11.8. The van der Waals surface area contributed by atoms with Crippen molar-refractivity contribution in [2.45, 2.75) is 6.61 Å². The van der Waals surface area contributed by atoms with Gasteiger partial charge in [-0.2, -0.15) is 0 Å². The third-order valence-electron chi connectivity index (χ3n) is 2.61. The number of nitrogen functional groups attached to an aromatic ring is 1. The van der Waals surface area contributed by atoms with Gasteiger partial charge < -0.3 is 15.6 Å². The second-order valence-corrected chi connectivity index (χ2v) is 4.34. The monoisotopic (exact) mass is 277 g/mol. The molecule has 0 amide bonds. The molecule has 19 heavy (non-hydrogen) atoms. The van der Waals surface area contributed by atoms with Crippen LogP contribution in [0.5, 0.6) is 5.75 Å². The molecule has 2 aromatic rings. The molecular formula is C14H12ClNO3. The molecule has 0 atom stereocenters. The van der Waals surface area contributed by atoms with Crippen molar-refractivity contribution in [2.75, 3.05) is 5.73 Å². The van der Waals surface area contributed by atoms with Gasteiger partial charge in [0.05, 0.1) is 5.56 Å². The molecule has 3 N–H and O–H groups in total. The number of aromatic carboxylic acids is 1. The molecule has 0 saturated heterocycles. The second-order valence-electron chi connectivity index (χ2n) is 3.93. The van der Waals surface area contributed by atoms with E-state index in [1.807, 2.05) is 18.2 Å². The molecule has 0 bridgehead atoms. The molecule has 2 aromatic carbocycles. The first-order valence-electron chi connectivity index (χ1n) is 5.57. The minimum absolute atomic E-state index is 0.0603. The Labute approximate surface area is 115 Å². The molecule has 5 heteroatoms. The molecule has 0 aliphatic heterocycles. The molecule has 0 radical (unpaired) electrons. The fourth-order valence-corrected chi connectivity index (χ4v) is 1.79. The van der Waals surface area contributed by atoms with Crippen LogP contribution in [0.1, 0.15) is 15.9 Å². The molecule has 0 unspecified atom stereocenters. The Kier molecular flexibility index (Phi) is 3.92. The van der Waals surface area contributed by atoms with Gasteiger partial charge in [0.25, 0.3) is 0 Å². The van der Waals surface area contributed by atoms with Crippen LogP contribution in [0.3, 0.4) is 0 Å². The molecule has 0 saturated carbocycles. The number of carboxylic acid groups (broad SMARTS) is 1. The molecule has 0 spiro atoms. The normalized spacial score (nSPS) is 10.2. The van der Waals surface area contributed by atoms with Gasteiger partial charge in [-0.1, -0.05) is 29.8 Å². The van der Waals surface area contributed by atoms with Gasteiger partial charge in [-0.25, -0.2) is 4.79 Å². The maximum atomic E-state index is 10.8. The van der Waals surface area contributed by atoms with E-state index < -0.39 is 5.97 Å². The molecule has 0 fully saturated rings. The van der Waals surface area contributed by atoms with Crippen molar-refractivity contribution in [3.63, 3.8) is 0 Å². The number of rotatable bonds is 4. The van der Waals surface area contributed by atoms with Crippen molar-refractivity contribution in [1.82, 2.24) is 0 Å². The lowest BCUT2D eigenvalue weighted by Crippen LogP contribution is -2.03. The Morgan fingerprint density at radius 1 is 1.26 bits per heavy atom. The zero-order valence-corrected chi connectivity index (χ0v) is 10.7. The van der Waals surface area contributed by atoms with E-state index in [9.17, 15) is 4.79 Å². The Morgan fingerprint density at radius 3 is 2.63 bits per heavy atom. The summed E-state index contributed by atoms with van der Waals surface area (Å²) in [5, 5.41) is 9.49. The highest BCUT2D eigenvalue weighted by Crippen LogP contribution is 2.22. The lowest BCUT2D eigenvalue weighted by molar-refractivity contribution is 0.0698. The van der Waals surface area contributed by atoms with Gasteiger partial charge in [0.2, 0.25) is 0 Å². The minimum Gasteiger partial charge on any atom is -0.489 e. The molecule has 0 heterocycles. The molecule has 4 nitrogen and oxygen atoms in total. The first-order valence-corrected chi connectivity index (χ1v) is 5.95.